The summed E-state index contributed by atoms with van der Waals surface area (Å²) in [6, 6.07) is 13.0. The molecule has 0 fully saturated rings. The maximum absolute atomic E-state index is 13.8. The van der Waals surface area contributed by atoms with Gasteiger partial charge in [-0.3, -0.25) is 4.79 Å². The first-order valence-electron chi connectivity index (χ1n) is 6.67. The molecule has 1 heterocycles. The number of aromatic nitrogens is 1. The number of para-hydroxylation sites is 1. The van der Waals surface area contributed by atoms with Crippen LogP contribution in [0.15, 0.2) is 59.5 Å². The lowest BCUT2D eigenvalue weighted by atomic mass is 10.1. The Morgan fingerprint density at radius 2 is 1.77 bits per heavy atom. The summed E-state index contributed by atoms with van der Waals surface area (Å²) in [7, 11) is 0. The fourth-order valence-electron chi connectivity index (χ4n) is 2.44. The molecular formula is C17H12FNO3. The highest BCUT2D eigenvalue weighted by molar-refractivity contribution is 5.92. The number of fused-ring (bicyclic) bond motifs is 1. The number of pyridine rings is 1. The summed E-state index contributed by atoms with van der Waals surface area (Å²) in [6.07, 6.45) is 1.26. The Bertz CT molecular complexity index is 931. The van der Waals surface area contributed by atoms with Gasteiger partial charge in [0.1, 0.15) is 11.4 Å². The van der Waals surface area contributed by atoms with Crippen molar-refractivity contribution in [1.82, 2.24) is 4.57 Å². The van der Waals surface area contributed by atoms with E-state index in [2.05, 4.69) is 0 Å². The van der Waals surface area contributed by atoms with E-state index in [1.54, 1.807) is 47.0 Å². The fraction of sp³-hybridized carbons (Fsp3) is 0.0588. The van der Waals surface area contributed by atoms with Crippen LogP contribution in [0, 0.1) is 5.82 Å². The van der Waals surface area contributed by atoms with E-state index in [1.807, 2.05) is 0 Å². The summed E-state index contributed by atoms with van der Waals surface area (Å²) in [5.41, 5.74) is 0.135. The highest BCUT2D eigenvalue weighted by Gasteiger charge is 2.14. The van der Waals surface area contributed by atoms with Crippen molar-refractivity contribution in [3.8, 4) is 0 Å². The molecule has 0 aliphatic heterocycles. The van der Waals surface area contributed by atoms with Gasteiger partial charge in [0.25, 0.3) is 0 Å². The normalized spacial score (nSPS) is 10.8. The number of hydrogen-bond donors (Lipinski definition) is 1. The Kier molecular flexibility index (Phi) is 3.47. The minimum atomic E-state index is -1.29. The molecule has 1 N–H and O–H groups in total. The van der Waals surface area contributed by atoms with Crippen molar-refractivity contribution in [3.05, 3.63) is 81.9 Å². The molecule has 0 unspecified atom stereocenters. The number of benzene rings is 2. The lowest BCUT2D eigenvalue weighted by Gasteiger charge is -2.12. The van der Waals surface area contributed by atoms with E-state index in [9.17, 15) is 19.1 Å². The molecule has 0 aliphatic carbocycles. The largest absolute Gasteiger partial charge is 0.477 e. The van der Waals surface area contributed by atoms with Gasteiger partial charge in [0.05, 0.1) is 12.1 Å². The standard InChI is InChI=1S/C17H12FNO3/c18-14-7-3-1-5-11(14)9-19-10-13(17(21)22)16(20)12-6-2-4-8-15(12)19/h1-8,10H,9H2,(H,21,22). The van der Waals surface area contributed by atoms with Gasteiger partial charge in [-0.2, -0.15) is 0 Å². The average molecular weight is 297 g/mol. The van der Waals surface area contributed by atoms with Crippen LogP contribution in [0.25, 0.3) is 10.9 Å². The molecule has 1 aromatic heterocycles. The van der Waals surface area contributed by atoms with Crippen molar-refractivity contribution in [2.45, 2.75) is 6.54 Å². The summed E-state index contributed by atoms with van der Waals surface area (Å²) >= 11 is 0. The van der Waals surface area contributed by atoms with Crippen LogP contribution in [-0.4, -0.2) is 15.6 Å². The second-order valence-electron chi connectivity index (χ2n) is 4.91. The first-order chi connectivity index (χ1) is 10.6. The highest BCUT2D eigenvalue weighted by atomic mass is 19.1. The molecule has 2 aromatic carbocycles. The summed E-state index contributed by atoms with van der Waals surface area (Å²) in [4.78, 5) is 23.4. The van der Waals surface area contributed by atoms with E-state index in [-0.39, 0.29) is 17.9 Å². The molecule has 0 bridgehead atoms. The number of nitrogens with zero attached hydrogens (tertiary/aromatic N) is 1. The lowest BCUT2D eigenvalue weighted by molar-refractivity contribution is 0.0695. The zero-order valence-corrected chi connectivity index (χ0v) is 11.5. The first-order valence-corrected chi connectivity index (χ1v) is 6.67. The summed E-state index contributed by atoms with van der Waals surface area (Å²) in [5.74, 6) is -1.67. The lowest BCUT2D eigenvalue weighted by Crippen LogP contribution is -2.19. The van der Waals surface area contributed by atoms with Gasteiger partial charge in [0, 0.05) is 17.1 Å². The van der Waals surface area contributed by atoms with Gasteiger partial charge in [-0.1, -0.05) is 30.3 Å². The second kappa shape index (κ2) is 5.44. The van der Waals surface area contributed by atoms with Gasteiger partial charge in [0.2, 0.25) is 5.43 Å². The van der Waals surface area contributed by atoms with Crippen LogP contribution in [0.2, 0.25) is 0 Å². The van der Waals surface area contributed by atoms with Crippen molar-refractivity contribution in [1.29, 1.82) is 0 Å². The van der Waals surface area contributed by atoms with Crippen molar-refractivity contribution < 1.29 is 14.3 Å². The molecular weight excluding hydrogens is 285 g/mol. The van der Waals surface area contributed by atoms with Crippen molar-refractivity contribution in [2.24, 2.45) is 0 Å². The second-order valence-corrected chi connectivity index (χ2v) is 4.91. The Morgan fingerprint density at radius 1 is 1.09 bits per heavy atom. The molecule has 0 spiro atoms. The van der Waals surface area contributed by atoms with Crippen LogP contribution in [0.5, 0.6) is 0 Å². The molecule has 0 saturated carbocycles. The predicted octanol–water partition coefficient (Wildman–Crippen LogP) is 2.89. The molecule has 110 valence electrons. The van der Waals surface area contributed by atoms with Crippen LogP contribution >= 0.6 is 0 Å². The van der Waals surface area contributed by atoms with Crippen LogP contribution in [0.4, 0.5) is 4.39 Å². The fourth-order valence-corrected chi connectivity index (χ4v) is 2.44. The zero-order chi connectivity index (χ0) is 15.7. The van der Waals surface area contributed by atoms with Gasteiger partial charge in [-0.15, -0.1) is 0 Å². The quantitative estimate of drug-likeness (QED) is 0.808. The first kappa shape index (κ1) is 14.0. The van der Waals surface area contributed by atoms with Gasteiger partial charge >= 0.3 is 5.97 Å². The third kappa shape index (κ3) is 2.37. The molecule has 0 aliphatic rings. The number of carboxylic acid groups (broad SMARTS) is 1. The van der Waals surface area contributed by atoms with Crippen molar-refractivity contribution in [2.75, 3.05) is 0 Å². The van der Waals surface area contributed by atoms with Gasteiger partial charge in [0.15, 0.2) is 0 Å². The number of carbonyl (C=O) groups is 1. The van der Waals surface area contributed by atoms with Gasteiger partial charge in [-0.25, -0.2) is 9.18 Å². The minimum Gasteiger partial charge on any atom is -0.477 e. The van der Waals surface area contributed by atoms with Crippen molar-refractivity contribution in [3.63, 3.8) is 0 Å². The smallest absolute Gasteiger partial charge is 0.341 e. The zero-order valence-electron chi connectivity index (χ0n) is 11.5. The maximum atomic E-state index is 13.8. The molecule has 0 atom stereocenters. The maximum Gasteiger partial charge on any atom is 0.341 e. The van der Waals surface area contributed by atoms with Crippen LogP contribution in [-0.2, 0) is 6.54 Å². The number of hydrogen-bond acceptors (Lipinski definition) is 2. The Labute approximate surface area is 125 Å². The van der Waals surface area contributed by atoms with Crippen LogP contribution in [0.3, 0.4) is 0 Å². The number of carboxylic acids is 1. The predicted molar refractivity (Wildman–Crippen MR) is 80.7 cm³/mol. The van der Waals surface area contributed by atoms with E-state index in [4.69, 9.17) is 0 Å². The Morgan fingerprint density at radius 3 is 2.50 bits per heavy atom. The van der Waals surface area contributed by atoms with E-state index >= 15 is 0 Å². The van der Waals surface area contributed by atoms with E-state index < -0.39 is 11.4 Å². The topological polar surface area (TPSA) is 59.3 Å². The molecule has 22 heavy (non-hydrogen) atoms. The molecule has 5 heteroatoms. The molecule has 0 saturated heterocycles. The molecule has 3 aromatic rings. The summed E-state index contributed by atoms with van der Waals surface area (Å²) in [5, 5.41) is 9.49. The van der Waals surface area contributed by atoms with Gasteiger partial charge < -0.3 is 9.67 Å². The molecule has 0 radical (unpaired) electrons. The number of halogens is 1. The van der Waals surface area contributed by atoms with E-state index in [0.717, 1.165) is 0 Å². The van der Waals surface area contributed by atoms with Crippen molar-refractivity contribution >= 4 is 16.9 Å². The highest BCUT2D eigenvalue weighted by Crippen LogP contribution is 2.15. The van der Waals surface area contributed by atoms with Gasteiger partial charge in [-0.05, 0) is 18.2 Å². The van der Waals surface area contributed by atoms with E-state index in [0.29, 0.717) is 16.5 Å². The average Bonchev–Trinajstić information content (AvgIpc) is 2.52. The molecule has 3 rings (SSSR count). The SMILES string of the molecule is O=C(O)c1cn(Cc2ccccc2F)c2ccccc2c1=O. The molecule has 0 amide bonds. The Balaban J connectivity index is 2.25. The minimum absolute atomic E-state index is 0.147. The third-order valence-corrected chi connectivity index (χ3v) is 3.52. The van der Waals surface area contributed by atoms with Crippen LogP contribution in [0.1, 0.15) is 15.9 Å². The number of aromatic carboxylic acids is 1. The Hall–Kier alpha value is -2.95. The monoisotopic (exact) mass is 297 g/mol. The van der Waals surface area contributed by atoms with E-state index in [1.165, 1.54) is 12.3 Å². The third-order valence-electron chi connectivity index (χ3n) is 3.52. The summed E-state index contributed by atoms with van der Waals surface area (Å²) < 4.78 is 15.4. The number of rotatable bonds is 3. The van der Waals surface area contributed by atoms with Crippen LogP contribution < -0.4 is 5.43 Å². The summed E-state index contributed by atoms with van der Waals surface area (Å²) in [6.45, 7) is 0.147. The molecule has 4 nitrogen and oxygen atoms in total.